The van der Waals surface area contributed by atoms with Crippen molar-refractivity contribution in [1.82, 2.24) is 5.32 Å². The molecular formula is C9H15NOS. The molecule has 0 saturated heterocycles. The van der Waals surface area contributed by atoms with Crippen LogP contribution < -0.4 is 5.32 Å². The zero-order valence-corrected chi connectivity index (χ0v) is 8.41. The quantitative estimate of drug-likeness (QED) is 0.636. The predicted octanol–water partition coefficient (Wildman–Crippen LogP) is 2.56. The second-order valence-corrected chi connectivity index (χ2v) is 4.75. The van der Waals surface area contributed by atoms with Crippen LogP contribution in [-0.2, 0) is 0 Å². The summed E-state index contributed by atoms with van der Waals surface area (Å²) in [5.74, 6) is 0. The summed E-state index contributed by atoms with van der Waals surface area (Å²) in [6, 6.07) is 0. The van der Waals surface area contributed by atoms with Crippen molar-refractivity contribution in [2.45, 2.75) is 30.9 Å². The minimum atomic E-state index is 0.0261. The molecule has 1 atom stereocenters. The highest BCUT2D eigenvalue weighted by Crippen LogP contribution is 2.35. The molecule has 0 spiro atoms. The molecule has 1 amide bonds. The molecule has 0 unspecified atom stereocenters. The Kier molecular flexibility index (Phi) is 3.20. The highest BCUT2D eigenvalue weighted by molar-refractivity contribution is 8.14. The zero-order valence-electron chi connectivity index (χ0n) is 7.59. The molecule has 0 aromatic heterocycles. The fourth-order valence-corrected chi connectivity index (χ4v) is 2.27. The van der Waals surface area contributed by atoms with Crippen LogP contribution in [0.5, 0.6) is 0 Å². The van der Waals surface area contributed by atoms with E-state index in [9.17, 15) is 4.79 Å². The van der Waals surface area contributed by atoms with Gasteiger partial charge in [0.05, 0.1) is 0 Å². The summed E-state index contributed by atoms with van der Waals surface area (Å²) in [7, 11) is 1.67. The SMILES string of the molecule is CNC(=O)S[C@]1(C)C=CCCC1. The second kappa shape index (κ2) is 3.99. The van der Waals surface area contributed by atoms with E-state index >= 15 is 0 Å². The summed E-state index contributed by atoms with van der Waals surface area (Å²) in [6.45, 7) is 2.11. The van der Waals surface area contributed by atoms with E-state index in [0.29, 0.717) is 0 Å². The molecule has 68 valence electrons. The number of carbonyl (C=O) groups is 1. The molecule has 1 N–H and O–H groups in total. The minimum Gasteiger partial charge on any atom is -0.350 e. The smallest absolute Gasteiger partial charge is 0.279 e. The van der Waals surface area contributed by atoms with Gasteiger partial charge in [0.15, 0.2) is 0 Å². The van der Waals surface area contributed by atoms with Gasteiger partial charge < -0.3 is 5.32 Å². The standard InChI is InChI=1S/C9H15NOS/c1-9(12-8(11)10-2)6-4-3-5-7-9/h4,6H,3,5,7H2,1-2H3,(H,10,11)/t9-/m1/s1. The van der Waals surface area contributed by atoms with Crippen molar-refractivity contribution in [2.24, 2.45) is 0 Å². The number of nitrogens with one attached hydrogen (secondary N) is 1. The van der Waals surface area contributed by atoms with Crippen LogP contribution in [0.4, 0.5) is 4.79 Å². The highest BCUT2D eigenvalue weighted by atomic mass is 32.2. The molecule has 12 heavy (non-hydrogen) atoms. The zero-order chi connectivity index (χ0) is 9.03. The van der Waals surface area contributed by atoms with E-state index in [0.717, 1.165) is 12.8 Å². The molecule has 0 aromatic carbocycles. The highest BCUT2D eigenvalue weighted by Gasteiger charge is 2.26. The number of thioether (sulfide) groups is 1. The first-order chi connectivity index (χ1) is 5.66. The van der Waals surface area contributed by atoms with Crippen molar-refractivity contribution >= 4 is 17.0 Å². The van der Waals surface area contributed by atoms with Crippen LogP contribution in [0.25, 0.3) is 0 Å². The summed E-state index contributed by atoms with van der Waals surface area (Å²) in [5.41, 5.74) is 0. The lowest BCUT2D eigenvalue weighted by atomic mass is 9.97. The van der Waals surface area contributed by atoms with Gasteiger partial charge in [-0.2, -0.15) is 0 Å². The third-order valence-corrected chi connectivity index (χ3v) is 3.24. The summed E-state index contributed by atoms with van der Waals surface area (Å²) >= 11 is 1.39. The second-order valence-electron chi connectivity index (χ2n) is 3.25. The third-order valence-electron chi connectivity index (χ3n) is 2.04. The Balaban J connectivity index is 2.53. The summed E-state index contributed by atoms with van der Waals surface area (Å²) in [5, 5.41) is 2.69. The van der Waals surface area contributed by atoms with Gasteiger partial charge in [0.25, 0.3) is 5.24 Å². The van der Waals surface area contributed by atoms with Gasteiger partial charge in [0, 0.05) is 11.8 Å². The molecular weight excluding hydrogens is 170 g/mol. The lowest BCUT2D eigenvalue weighted by Crippen LogP contribution is -2.25. The van der Waals surface area contributed by atoms with E-state index in [-0.39, 0.29) is 9.99 Å². The molecule has 1 aliphatic carbocycles. The number of allylic oxidation sites excluding steroid dienone is 1. The molecule has 0 fully saturated rings. The Hall–Kier alpha value is -0.440. The van der Waals surface area contributed by atoms with Crippen molar-refractivity contribution in [3.63, 3.8) is 0 Å². The molecule has 0 saturated carbocycles. The van der Waals surface area contributed by atoms with Crippen molar-refractivity contribution < 1.29 is 4.79 Å². The average Bonchev–Trinajstić information content (AvgIpc) is 2.05. The largest absolute Gasteiger partial charge is 0.350 e. The first kappa shape index (κ1) is 9.65. The van der Waals surface area contributed by atoms with Crippen molar-refractivity contribution in [1.29, 1.82) is 0 Å². The van der Waals surface area contributed by atoms with Gasteiger partial charge in [0.1, 0.15) is 0 Å². The Labute approximate surface area is 77.8 Å². The Morgan fingerprint density at radius 2 is 2.42 bits per heavy atom. The number of rotatable bonds is 1. The maximum Gasteiger partial charge on any atom is 0.279 e. The molecule has 0 radical (unpaired) electrons. The molecule has 0 bridgehead atoms. The summed E-state index contributed by atoms with van der Waals surface area (Å²) in [4.78, 5) is 11.1. The molecule has 1 aliphatic rings. The van der Waals surface area contributed by atoms with Gasteiger partial charge in [0.2, 0.25) is 0 Å². The number of hydrogen-bond donors (Lipinski definition) is 1. The van der Waals surface area contributed by atoms with Crippen molar-refractivity contribution in [2.75, 3.05) is 7.05 Å². The lowest BCUT2D eigenvalue weighted by Gasteiger charge is -2.26. The monoisotopic (exact) mass is 185 g/mol. The first-order valence-electron chi connectivity index (χ1n) is 4.25. The van der Waals surface area contributed by atoms with E-state index in [1.807, 2.05) is 0 Å². The molecule has 3 heteroatoms. The fourth-order valence-electron chi connectivity index (χ4n) is 1.33. The van der Waals surface area contributed by atoms with Crippen LogP contribution in [0.3, 0.4) is 0 Å². The van der Waals surface area contributed by atoms with Gasteiger partial charge in [-0.05, 0) is 26.2 Å². The number of carbonyl (C=O) groups excluding carboxylic acids is 1. The fraction of sp³-hybridized carbons (Fsp3) is 0.667. The summed E-state index contributed by atoms with van der Waals surface area (Å²) in [6.07, 6.45) is 7.76. The maximum atomic E-state index is 11.1. The van der Waals surface area contributed by atoms with Gasteiger partial charge >= 0.3 is 0 Å². The van der Waals surface area contributed by atoms with Crippen molar-refractivity contribution in [3.8, 4) is 0 Å². The molecule has 0 aromatic rings. The maximum absolute atomic E-state index is 11.1. The van der Waals surface area contributed by atoms with Crippen LogP contribution in [0.15, 0.2) is 12.2 Å². The Bertz CT molecular complexity index is 203. The van der Waals surface area contributed by atoms with Crippen LogP contribution in [-0.4, -0.2) is 17.0 Å². The summed E-state index contributed by atoms with van der Waals surface area (Å²) < 4.78 is 0.0261. The number of amides is 1. The molecule has 0 heterocycles. The molecule has 2 nitrogen and oxygen atoms in total. The Morgan fingerprint density at radius 3 is 2.92 bits per heavy atom. The molecule has 1 rings (SSSR count). The van der Waals surface area contributed by atoms with Crippen molar-refractivity contribution in [3.05, 3.63) is 12.2 Å². The third kappa shape index (κ3) is 2.55. The van der Waals surface area contributed by atoms with E-state index in [4.69, 9.17) is 0 Å². The van der Waals surface area contributed by atoms with Gasteiger partial charge in [-0.1, -0.05) is 23.9 Å². The van der Waals surface area contributed by atoms with Crippen LogP contribution in [0, 0.1) is 0 Å². The van der Waals surface area contributed by atoms with Crippen LogP contribution >= 0.6 is 11.8 Å². The van der Waals surface area contributed by atoms with Crippen LogP contribution in [0.2, 0.25) is 0 Å². The van der Waals surface area contributed by atoms with Gasteiger partial charge in [-0.15, -0.1) is 0 Å². The first-order valence-corrected chi connectivity index (χ1v) is 5.06. The van der Waals surface area contributed by atoms with Gasteiger partial charge in [-0.3, -0.25) is 4.79 Å². The lowest BCUT2D eigenvalue weighted by molar-refractivity contribution is 0.262. The van der Waals surface area contributed by atoms with E-state index in [2.05, 4.69) is 24.4 Å². The topological polar surface area (TPSA) is 29.1 Å². The molecule has 0 aliphatic heterocycles. The van der Waals surface area contributed by atoms with E-state index in [1.54, 1.807) is 7.05 Å². The normalized spacial score (nSPS) is 28.5. The van der Waals surface area contributed by atoms with E-state index in [1.165, 1.54) is 18.2 Å². The van der Waals surface area contributed by atoms with Gasteiger partial charge in [-0.25, -0.2) is 0 Å². The number of hydrogen-bond acceptors (Lipinski definition) is 2. The van der Waals surface area contributed by atoms with E-state index < -0.39 is 0 Å². The Morgan fingerprint density at radius 1 is 1.67 bits per heavy atom. The van der Waals surface area contributed by atoms with Crippen LogP contribution in [0.1, 0.15) is 26.2 Å². The predicted molar refractivity (Wildman–Crippen MR) is 53.4 cm³/mol. The average molecular weight is 185 g/mol. The minimum absolute atomic E-state index is 0.0261.